The van der Waals surface area contributed by atoms with E-state index in [1.54, 1.807) is 0 Å². The summed E-state index contributed by atoms with van der Waals surface area (Å²) in [6.45, 7) is 4.95. The van der Waals surface area contributed by atoms with Crippen molar-refractivity contribution in [2.45, 2.75) is 20.8 Å². The van der Waals surface area contributed by atoms with Gasteiger partial charge in [-0.05, 0) is 43.3 Å². The maximum atomic E-state index is 10.0. The number of aryl methyl sites for hydroxylation is 1. The van der Waals surface area contributed by atoms with Crippen LogP contribution >= 0.6 is 0 Å². The van der Waals surface area contributed by atoms with Crippen LogP contribution < -0.4 is 0 Å². The molecule has 0 amide bonds. The van der Waals surface area contributed by atoms with Gasteiger partial charge in [0.25, 0.3) is 0 Å². The van der Waals surface area contributed by atoms with E-state index in [-0.39, 0.29) is 31.6 Å². The molecule has 1 heterocycles. The third kappa shape index (κ3) is 6.26. The van der Waals surface area contributed by atoms with Gasteiger partial charge in [0.05, 0.1) is 5.76 Å². The van der Waals surface area contributed by atoms with Gasteiger partial charge >= 0.3 is 0 Å². The molecule has 4 heteroatoms. The van der Waals surface area contributed by atoms with Crippen LogP contribution in [0.4, 0.5) is 0 Å². The molecule has 1 radical (unpaired) electrons. The summed E-state index contributed by atoms with van der Waals surface area (Å²) in [7, 11) is 0. The number of pyridine rings is 1. The van der Waals surface area contributed by atoms with Gasteiger partial charge in [-0.3, -0.25) is 4.79 Å². The van der Waals surface area contributed by atoms with Crippen LogP contribution in [-0.4, -0.2) is 15.9 Å². The Kier molecular flexibility index (Phi) is 8.20. The van der Waals surface area contributed by atoms with Crippen LogP contribution in [0, 0.1) is 13.0 Å². The van der Waals surface area contributed by atoms with Crippen LogP contribution in [0.5, 0.6) is 0 Å². The number of rotatable bonds is 2. The number of hydrogen-bond donors (Lipinski definition) is 1. The minimum atomic E-state index is -0.125. The van der Waals surface area contributed by atoms with Gasteiger partial charge in [0.15, 0.2) is 5.78 Å². The molecule has 0 aliphatic heterocycles. The van der Waals surface area contributed by atoms with E-state index in [4.69, 9.17) is 5.11 Å². The van der Waals surface area contributed by atoms with Crippen molar-refractivity contribution in [3.63, 3.8) is 0 Å². The minimum Gasteiger partial charge on any atom is -0.512 e. The van der Waals surface area contributed by atoms with E-state index in [1.165, 1.54) is 36.3 Å². The molecule has 1 N–H and O–H groups in total. The van der Waals surface area contributed by atoms with Gasteiger partial charge in [0.1, 0.15) is 0 Å². The fourth-order valence-electron chi connectivity index (χ4n) is 2.35. The van der Waals surface area contributed by atoms with Gasteiger partial charge in [-0.2, -0.15) is 0 Å². The third-order valence-electron chi connectivity index (χ3n) is 3.30. The van der Waals surface area contributed by atoms with E-state index in [0.717, 1.165) is 11.3 Å². The molecule has 25 heavy (non-hydrogen) atoms. The number of benzene rings is 2. The van der Waals surface area contributed by atoms with Gasteiger partial charge in [-0.1, -0.05) is 23.8 Å². The summed E-state index contributed by atoms with van der Waals surface area (Å²) in [5.41, 5.74) is 3.32. The second kappa shape index (κ2) is 9.87. The van der Waals surface area contributed by atoms with Crippen LogP contribution in [0.15, 0.2) is 66.6 Å². The van der Waals surface area contributed by atoms with Crippen molar-refractivity contribution in [1.82, 2.24) is 4.98 Å². The number of aliphatic hydroxyl groups is 1. The first-order valence-corrected chi connectivity index (χ1v) is 7.67. The maximum Gasteiger partial charge on any atom is 0.155 e. The molecule has 0 saturated heterocycles. The molecule has 2 aromatic carbocycles. The van der Waals surface area contributed by atoms with Crippen molar-refractivity contribution in [3.8, 4) is 11.3 Å². The van der Waals surface area contributed by atoms with Crippen molar-refractivity contribution < 1.29 is 30.0 Å². The van der Waals surface area contributed by atoms with Gasteiger partial charge < -0.3 is 10.1 Å². The molecule has 0 unspecified atom stereocenters. The summed E-state index contributed by atoms with van der Waals surface area (Å²) in [4.78, 5) is 14.5. The van der Waals surface area contributed by atoms with E-state index in [9.17, 15) is 4.79 Å². The van der Waals surface area contributed by atoms with Crippen molar-refractivity contribution in [2.24, 2.45) is 0 Å². The standard InChI is InChI=1S/C16H12N.C5H8O2.Ir/c1-12-7-8-15-14(11-12)9-10-17-16(15)13-5-3-2-4-6-13;1-4(6)3-5(2)7;/h2-5,7-11H,1H3;3,6H,1-2H3;/q-1;;/b;4-3-;. The van der Waals surface area contributed by atoms with E-state index < -0.39 is 0 Å². The molecular formula is C21H20IrNO2-. The monoisotopic (exact) mass is 511 g/mol. The summed E-state index contributed by atoms with van der Waals surface area (Å²) in [6, 6.07) is 19.7. The smallest absolute Gasteiger partial charge is 0.155 e. The normalized spacial score (nSPS) is 10.4. The van der Waals surface area contributed by atoms with E-state index >= 15 is 0 Å². The average molecular weight is 511 g/mol. The number of fused-ring (bicyclic) bond motifs is 1. The SMILES string of the molecule is CC(=O)/C=C(/C)O.Cc1ccc2c(-c3[c-]cccc3)nccc2c1.[Ir]. The quantitative estimate of drug-likeness (QED) is 0.298. The first-order chi connectivity index (χ1) is 11.5. The topological polar surface area (TPSA) is 50.2 Å². The molecule has 0 saturated carbocycles. The fraction of sp³-hybridized carbons (Fsp3) is 0.143. The summed E-state index contributed by atoms with van der Waals surface area (Å²) < 4.78 is 0. The Hall–Kier alpha value is -2.29. The summed E-state index contributed by atoms with van der Waals surface area (Å²) in [5, 5.41) is 10.8. The number of hydrogen-bond acceptors (Lipinski definition) is 3. The van der Waals surface area contributed by atoms with E-state index in [1.807, 2.05) is 30.5 Å². The Balaban J connectivity index is 0.000000339. The zero-order valence-electron chi connectivity index (χ0n) is 14.4. The zero-order chi connectivity index (χ0) is 17.5. The molecule has 3 nitrogen and oxygen atoms in total. The molecule has 0 bridgehead atoms. The fourth-order valence-corrected chi connectivity index (χ4v) is 2.35. The van der Waals surface area contributed by atoms with Crippen LogP contribution in [0.2, 0.25) is 0 Å². The van der Waals surface area contributed by atoms with Gasteiger partial charge in [-0.25, -0.2) is 0 Å². The van der Waals surface area contributed by atoms with Crippen molar-refractivity contribution in [1.29, 1.82) is 0 Å². The number of aliphatic hydroxyl groups excluding tert-OH is 1. The van der Waals surface area contributed by atoms with Crippen molar-refractivity contribution in [2.75, 3.05) is 0 Å². The molecule has 0 fully saturated rings. The van der Waals surface area contributed by atoms with Gasteiger partial charge in [-0.15, -0.1) is 35.9 Å². The maximum absolute atomic E-state index is 10.0. The second-order valence-electron chi connectivity index (χ2n) is 5.56. The molecule has 3 aromatic rings. The number of ketones is 1. The predicted molar refractivity (Wildman–Crippen MR) is 97.8 cm³/mol. The number of allylic oxidation sites excluding steroid dienone is 2. The molecule has 0 aliphatic carbocycles. The molecule has 1 aromatic heterocycles. The third-order valence-corrected chi connectivity index (χ3v) is 3.30. The number of nitrogens with zero attached hydrogens (tertiary/aromatic N) is 1. The minimum absolute atomic E-state index is 0. The number of aromatic nitrogens is 1. The first-order valence-electron chi connectivity index (χ1n) is 7.67. The van der Waals surface area contributed by atoms with Crippen molar-refractivity contribution in [3.05, 3.63) is 78.2 Å². The Morgan fingerprint density at radius 1 is 1.16 bits per heavy atom. The Morgan fingerprint density at radius 3 is 2.48 bits per heavy atom. The Morgan fingerprint density at radius 2 is 1.92 bits per heavy atom. The van der Waals surface area contributed by atoms with Gasteiger partial charge in [0, 0.05) is 32.4 Å². The van der Waals surface area contributed by atoms with Crippen molar-refractivity contribution >= 4 is 16.6 Å². The van der Waals surface area contributed by atoms with Crippen LogP contribution in [0.3, 0.4) is 0 Å². The average Bonchev–Trinajstić information content (AvgIpc) is 2.54. The second-order valence-corrected chi connectivity index (χ2v) is 5.56. The van der Waals surface area contributed by atoms with Crippen LogP contribution in [-0.2, 0) is 24.9 Å². The van der Waals surface area contributed by atoms with Crippen LogP contribution in [0.1, 0.15) is 19.4 Å². The number of carbonyl (C=O) groups excluding carboxylic acids is 1. The first kappa shape index (κ1) is 20.8. The molecule has 0 spiro atoms. The van der Waals surface area contributed by atoms with Crippen LogP contribution in [0.25, 0.3) is 22.0 Å². The predicted octanol–water partition coefficient (Wildman–Crippen LogP) is 5.05. The van der Waals surface area contributed by atoms with E-state index in [0.29, 0.717) is 0 Å². The van der Waals surface area contributed by atoms with E-state index in [2.05, 4.69) is 42.2 Å². The van der Waals surface area contributed by atoms with Gasteiger partial charge in [0.2, 0.25) is 0 Å². The molecule has 131 valence electrons. The zero-order valence-corrected chi connectivity index (χ0v) is 16.8. The Labute approximate surface area is 161 Å². The Bertz CT molecular complexity index is 869. The largest absolute Gasteiger partial charge is 0.512 e. The molecule has 0 atom stereocenters. The molecule has 0 aliphatic rings. The molecular weight excluding hydrogens is 490 g/mol. The molecule has 3 rings (SSSR count). The summed E-state index contributed by atoms with van der Waals surface area (Å²) in [5.74, 6) is -0.0625. The number of carbonyl (C=O) groups is 1. The summed E-state index contributed by atoms with van der Waals surface area (Å²) in [6.07, 6.45) is 3.03. The summed E-state index contributed by atoms with van der Waals surface area (Å²) >= 11 is 0.